The third-order valence-electron chi connectivity index (χ3n) is 4.49. The van der Waals surface area contributed by atoms with Crippen LogP contribution >= 0.6 is 0 Å². The first-order chi connectivity index (χ1) is 11.0. The van der Waals surface area contributed by atoms with E-state index in [1.54, 1.807) is 0 Å². The summed E-state index contributed by atoms with van der Waals surface area (Å²) in [6, 6.07) is 10.5. The second-order valence-electron chi connectivity index (χ2n) is 7.13. The van der Waals surface area contributed by atoms with Gasteiger partial charge in [-0.3, -0.25) is 4.79 Å². The Kier molecular flexibility index (Phi) is 6.60. The molecule has 1 aromatic rings. The van der Waals surface area contributed by atoms with Gasteiger partial charge in [0.05, 0.1) is 5.60 Å². The summed E-state index contributed by atoms with van der Waals surface area (Å²) in [6.07, 6.45) is 2.68. The number of hydrogen-bond donors (Lipinski definition) is 1. The van der Waals surface area contributed by atoms with Crippen LogP contribution in [0.25, 0.3) is 0 Å². The van der Waals surface area contributed by atoms with Crippen molar-refractivity contribution in [3.8, 4) is 0 Å². The highest BCUT2D eigenvalue weighted by molar-refractivity contribution is 5.78. The fourth-order valence-electron chi connectivity index (χ4n) is 3.05. The zero-order valence-corrected chi connectivity index (χ0v) is 14.7. The number of nitrogens with zero attached hydrogens (tertiary/aromatic N) is 1. The van der Waals surface area contributed by atoms with Crippen LogP contribution in [0.3, 0.4) is 0 Å². The first kappa shape index (κ1) is 18.0. The van der Waals surface area contributed by atoms with Gasteiger partial charge in [0.2, 0.25) is 5.91 Å². The number of amides is 1. The predicted octanol–water partition coefficient (Wildman–Crippen LogP) is 2.48. The minimum absolute atomic E-state index is 0.0911. The maximum absolute atomic E-state index is 12.3. The molecule has 0 bridgehead atoms. The average Bonchev–Trinajstić information content (AvgIpc) is 2.53. The van der Waals surface area contributed by atoms with Gasteiger partial charge in [-0.15, -0.1) is 0 Å². The Morgan fingerprint density at radius 1 is 1.30 bits per heavy atom. The Hall–Kier alpha value is -1.39. The number of carbonyl (C=O) groups is 1. The zero-order valence-electron chi connectivity index (χ0n) is 14.7. The molecular formula is C19H30N2O2. The van der Waals surface area contributed by atoms with Crippen molar-refractivity contribution < 1.29 is 9.53 Å². The fraction of sp³-hybridized carbons (Fsp3) is 0.632. The minimum atomic E-state index is -0.174. The maximum Gasteiger partial charge on any atom is 0.223 e. The van der Waals surface area contributed by atoms with Crippen molar-refractivity contribution in [1.82, 2.24) is 10.2 Å². The summed E-state index contributed by atoms with van der Waals surface area (Å²) in [6.45, 7) is 7.40. The van der Waals surface area contributed by atoms with Gasteiger partial charge in [-0.2, -0.15) is 0 Å². The van der Waals surface area contributed by atoms with Gasteiger partial charge < -0.3 is 15.0 Å². The lowest BCUT2D eigenvalue weighted by Crippen LogP contribution is -2.43. The largest absolute Gasteiger partial charge is 0.376 e. The highest BCUT2D eigenvalue weighted by atomic mass is 16.5. The molecule has 0 spiro atoms. The smallest absolute Gasteiger partial charge is 0.223 e. The Morgan fingerprint density at radius 2 is 2.04 bits per heavy atom. The average molecular weight is 318 g/mol. The molecule has 0 aliphatic carbocycles. The van der Waals surface area contributed by atoms with Gasteiger partial charge in [0.15, 0.2) is 0 Å². The quantitative estimate of drug-likeness (QED) is 0.840. The van der Waals surface area contributed by atoms with E-state index in [1.165, 1.54) is 5.56 Å². The number of likely N-dealkylation sites (N-methyl/N-ethyl adjacent to an activating group) is 1. The second kappa shape index (κ2) is 8.46. The van der Waals surface area contributed by atoms with Crippen molar-refractivity contribution in [3.05, 3.63) is 35.9 Å². The van der Waals surface area contributed by atoms with E-state index in [9.17, 15) is 4.79 Å². The van der Waals surface area contributed by atoms with E-state index >= 15 is 0 Å². The summed E-state index contributed by atoms with van der Waals surface area (Å²) in [7, 11) is 2.10. The molecule has 128 valence electrons. The van der Waals surface area contributed by atoms with E-state index in [2.05, 4.69) is 55.4 Å². The van der Waals surface area contributed by atoms with Crippen molar-refractivity contribution in [2.24, 2.45) is 5.92 Å². The van der Waals surface area contributed by atoms with Gasteiger partial charge >= 0.3 is 0 Å². The molecule has 1 aromatic carbocycles. The van der Waals surface area contributed by atoms with Crippen LogP contribution in [0.15, 0.2) is 30.3 Å². The van der Waals surface area contributed by atoms with Crippen LogP contribution in [0, 0.1) is 5.92 Å². The molecule has 1 heterocycles. The molecule has 4 nitrogen and oxygen atoms in total. The number of nitrogens with one attached hydrogen (secondary N) is 1. The maximum atomic E-state index is 12.3. The molecule has 1 aliphatic rings. The lowest BCUT2D eigenvalue weighted by Gasteiger charge is -2.34. The molecule has 4 heteroatoms. The third kappa shape index (κ3) is 6.32. The first-order valence-electron chi connectivity index (χ1n) is 8.60. The Bertz CT molecular complexity index is 487. The molecule has 1 atom stereocenters. The van der Waals surface area contributed by atoms with E-state index in [0.717, 1.165) is 32.4 Å². The molecule has 0 saturated carbocycles. The van der Waals surface area contributed by atoms with Gasteiger partial charge in [0.25, 0.3) is 0 Å². The van der Waals surface area contributed by atoms with Crippen molar-refractivity contribution >= 4 is 5.91 Å². The molecule has 0 aromatic heterocycles. The summed E-state index contributed by atoms with van der Waals surface area (Å²) in [5.41, 5.74) is 1.18. The Morgan fingerprint density at radius 3 is 2.74 bits per heavy atom. The van der Waals surface area contributed by atoms with Crippen molar-refractivity contribution in [2.45, 2.75) is 38.7 Å². The highest BCUT2D eigenvalue weighted by Crippen LogP contribution is 2.28. The molecule has 1 N–H and O–H groups in total. The SMILES string of the molecule is CN(CCNC(=O)C1CCOC(C)(C)C1)CCc1ccccc1. The highest BCUT2D eigenvalue weighted by Gasteiger charge is 2.32. The van der Waals surface area contributed by atoms with Gasteiger partial charge in [-0.1, -0.05) is 30.3 Å². The number of rotatable bonds is 7. The normalized spacial score (nSPS) is 20.4. The summed E-state index contributed by atoms with van der Waals surface area (Å²) in [4.78, 5) is 14.5. The first-order valence-corrected chi connectivity index (χ1v) is 8.60. The van der Waals surface area contributed by atoms with Crippen LogP contribution < -0.4 is 5.32 Å². The van der Waals surface area contributed by atoms with Crippen molar-refractivity contribution in [3.63, 3.8) is 0 Å². The van der Waals surface area contributed by atoms with E-state index in [1.807, 2.05) is 6.07 Å². The molecule has 1 unspecified atom stereocenters. The topological polar surface area (TPSA) is 41.6 Å². The summed E-state index contributed by atoms with van der Waals surface area (Å²) >= 11 is 0. The van der Waals surface area contributed by atoms with E-state index in [-0.39, 0.29) is 17.4 Å². The molecule has 1 saturated heterocycles. The lowest BCUT2D eigenvalue weighted by molar-refractivity contribution is -0.135. The number of benzene rings is 1. The summed E-state index contributed by atoms with van der Waals surface area (Å²) < 4.78 is 5.67. The molecule has 1 aliphatic heterocycles. The Balaban J connectivity index is 1.63. The molecule has 2 rings (SSSR count). The number of ether oxygens (including phenoxy) is 1. The number of hydrogen-bond acceptors (Lipinski definition) is 3. The van der Waals surface area contributed by atoms with Crippen LogP contribution in [0.2, 0.25) is 0 Å². The van der Waals surface area contributed by atoms with E-state index in [4.69, 9.17) is 4.74 Å². The van der Waals surface area contributed by atoms with E-state index < -0.39 is 0 Å². The zero-order chi connectivity index (χ0) is 16.7. The summed E-state index contributed by atoms with van der Waals surface area (Å²) in [5, 5.41) is 3.08. The Labute approximate surface area is 140 Å². The molecule has 0 radical (unpaired) electrons. The third-order valence-corrected chi connectivity index (χ3v) is 4.49. The van der Waals surface area contributed by atoms with E-state index in [0.29, 0.717) is 13.2 Å². The second-order valence-corrected chi connectivity index (χ2v) is 7.13. The standard InChI is InChI=1S/C19H30N2O2/c1-19(2)15-17(10-14-23-19)18(22)20-11-13-21(3)12-9-16-7-5-4-6-8-16/h4-8,17H,9-15H2,1-3H3,(H,20,22). The van der Waals surface area contributed by atoms with Crippen LogP contribution in [0.5, 0.6) is 0 Å². The monoisotopic (exact) mass is 318 g/mol. The van der Waals surface area contributed by atoms with Crippen LogP contribution in [-0.4, -0.2) is 49.7 Å². The molecular weight excluding hydrogens is 288 g/mol. The molecule has 1 fully saturated rings. The van der Waals surface area contributed by atoms with Gasteiger partial charge in [-0.25, -0.2) is 0 Å². The fourth-order valence-corrected chi connectivity index (χ4v) is 3.05. The van der Waals surface area contributed by atoms with Gasteiger partial charge in [0.1, 0.15) is 0 Å². The predicted molar refractivity (Wildman–Crippen MR) is 93.4 cm³/mol. The van der Waals surface area contributed by atoms with Crippen molar-refractivity contribution in [1.29, 1.82) is 0 Å². The molecule has 1 amide bonds. The van der Waals surface area contributed by atoms with Gasteiger partial charge in [0, 0.05) is 32.2 Å². The number of carbonyl (C=O) groups excluding carboxylic acids is 1. The van der Waals surface area contributed by atoms with Gasteiger partial charge in [-0.05, 0) is 45.7 Å². The minimum Gasteiger partial charge on any atom is -0.376 e. The van der Waals surface area contributed by atoms with Crippen molar-refractivity contribution in [2.75, 3.05) is 33.3 Å². The van der Waals surface area contributed by atoms with Crippen LogP contribution in [-0.2, 0) is 16.0 Å². The summed E-state index contributed by atoms with van der Waals surface area (Å²) in [5.74, 6) is 0.270. The molecule has 23 heavy (non-hydrogen) atoms. The van der Waals surface area contributed by atoms with Crippen LogP contribution in [0.1, 0.15) is 32.3 Å². The lowest BCUT2D eigenvalue weighted by atomic mass is 9.88. The van der Waals surface area contributed by atoms with Crippen LogP contribution in [0.4, 0.5) is 0 Å².